The summed E-state index contributed by atoms with van der Waals surface area (Å²) in [7, 11) is 1.44. The second kappa shape index (κ2) is 4.73. The fraction of sp³-hybridized carbons (Fsp3) is 0.250. The summed E-state index contributed by atoms with van der Waals surface area (Å²) in [4.78, 5) is 12.1. The molecule has 6 heteroatoms. The summed E-state index contributed by atoms with van der Waals surface area (Å²) in [6.07, 6.45) is 0. The lowest BCUT2D eigenvalue weighted by Crippen LogP contribution is -2.01. The van der Waals surface area contributed by atoms with Gasteiger partial charge in [-0.2, -0.15) is 0 Å². The second-order valence-corrected chi connectivity index (χ2v) is 4.67. The first-order valence-corrected chi connectivity index (χ1v) is 6.16. The SMILES string of the molecule is CCOC(=O)c1cc2c(N)c(O)c(OC)cc2s1. The average molecular weight is 267 g/mol. The molecule has 0 aliphatic heterocycles. The standard InChI is InChI=1S/C12H13NO4S/c1-3-17-12(15)9-4-6-8(18-9)5-7(16-2)11(14)10(6)13/h4-5,14H,3,13H2,1-2H3. The summed E-state index contributed by atoms with van der Waals surface area (Å²) in [6.45, 7) is 2.06. The zero-order chi connectivity index (χ0) is 13.3. The molecule has 0 atom stereocenters. The molecule has 2 rings (SSSR count). The number of ether oxygens (including phenoxy) is 2. The minimum Gasteiger partial charge on any atom is -0.503 e. The molecular formula is C12H13NO4S. The third-order valence-electron chi connectivity index (χ3n) is 2.50. The number of nitrogens with two attached hydrogens (primary N) is 1. The van der Waals surface area contributed by atoms with Crippen LogP contribution in [0.1, 0.15) is 16.6 Å². The van der Waals surface area contributed by atoms with Crippen LogP contribution in [0, 0.1) is 0 Å². The van der Waals surface area contributed by atoms with Crippen LogP contribution in [-0.4, -0.2) is 24.8 Å². The third-order valence-corrected chi connectivity index (χ3v) is 3.56. The maximum Gasteiger partial charge on any atom is 0.348 e. The van der Waals surface area contributed by atoms with Crippen molar-refractivity contribution < 1.29 is 19.4 Å². The van der Waals surface area contributed by atoms with E-state index in [9.17, 15) is 9.90 Å². The molecule has 0 aliphatic rings. The van der Waals surface area contributed by atoms with Crippen molar-refractivity contribution in [1.82, 2.24) is 0 Å². The minimum absolute atomic E-state index is 0.113. The molecule has 0 saturated carbocycles. The monoisotopic (exact) mass is 267 g/mol. The first-order chi connectivity index (χ1) is 8.58. The van der Waals surface area contributed by atoms with E-state index in [2.05, 4.69) is 0 Å². The van der Waals surface area contributed by atoms with Crippen molar-refractivity contribution in [3.8, 4) is 11.5 Å². The lowest BCUT2D eigenvalue weighted by Gasteiger charge is -2.06. The Hall–Kier alpha value is -1.95. The Bertz CT molecular complexity index is 606. The van der Waals surface area contributed by atoms with Gasteiger partial charge in [-0.25, -0.2) is 4.79 Å². The fourth-order valence-electron chi connectivity index (χ4n) is 1.63. The molecule has 0 bridgehead atoms. The Morgan fingerprint density at radius 1 is 1.50 bits per heavy atom. The molecule has 0 amide bonds. The van der Waals surface area contributed by atoms with Crippen molar-refractivity contribution >= 4 is 33.1 Å². The number of phenols is 1. The van der Waals surface area contributed by atoms with Crippen LogP contribution in [0.3, 0.4) is 0 Å². The normalized spacial score (nSPS) is 10.6. The number of carbonyl (C=O) groups excluding carboxylic acids is 1. The van der Waals surface area contributed by atoms with E-state index < -0.39 is 5.97 Å². The first-order valence-electron chi connectivity index (χ1n) is 5.34. The molecule has 2 aromatic rings. The van der Waals surface area contributed by atoms with Crippen LogP contribution in [-0.2, 0) is 4.74 Å². The zero-order valence-corrected chi connectivity index (χ0v) is 10.8. The number of aromatic hydroxyl groups is 1. The van der Waals surface area contributed by atoms with Crippen LogP contribution in [0.25, 0.3) is 10.1 Å². The van der Waals surface area contributed by atoms with Crippen molar-refractivity contribution in [3.63, 3.8) is 0 Å². The van der Waals surface area contributed by atoms with Gasteiger partial charge in [0.05, 0.1) is 19.4 Å². The number of methoxy groups -OCH3 is 1. The van der Waals surface area contributed by atoms with E-state index >= 15 is 0 Å². The maximum absolute atomic E-state index is 11.6. The first kappa shape index (κ1) is 12.5. The Kier molecular flexibility index (Phi) is 3.29. The quantitative estimate of drug-likeness (QED) is 0.507. The number of thiophene rings is 1. The number of carbonyl (C=O) groups is 1. The van der Waals surface area contributed by atoms with Crippen LogP contribution in [0.5, 0.6) is 11.5 Å². The van der Waals surface area contributed by atoms with E-state index in [-0.39, 0.29) is 17.2 Å². The van der Waals surface area contributed by atoms with Crippen LogP contribution in [0.4, 0.5) is 5.69 Å². The van der Waals surface area contributed by atoms with E-state index in [1.807, 2.05) is 0 Å². The van der Waals surface area contributed by atoms with E-state index in [1.54, 1.807) is 19.1 Å². The molecule has 3 N–H and O–H groups in total. The largest absolute Gasteiger partial charge is 0.503 e. The lowest BCUT2D eigenvalue weighted by molar-refractivity contribution is 0.0532. The molecule has 0 fully saturated rings. The van der Waals surface area contributed by atoms with Gasteiger partial charge in [-0.1, -0.05) is 0 Å². The number of rotatable bonds is 3. The number of benzene rings is 1. The number of fused-ring (bicyclic) bond motifs is 1. The zero-order valence-electron chi connectivity index (χ0n) is 10.0. The molecule has 0 saturated heterocycles. The van der Waals surface area contributed by atoms with Crippen LogP contribution in [0.15, 0.2) is 12.1 Å². The predicted octanol–water partition coefficient (Wildman–Crippen LogP) is 2.37. The Labute approximate surface area is 108 Å². The molecule has 1 heterocycles. The van der Waals surface area contributed by atoms with Crippen molar-refractivity contribution in [2.45, 2.75) is 6.92 Å². The van der Waals surface area contributed by atoms with Crippen LogP contribution in [0.2, 0.25) is 0 Å². The Morgan fingerprint density at radius 3 is 2.83 bits per heavy atom. The molecule has 0 radical (unpaired) electrons. The van der Waals surface area contributed by atoms with Crippen molar-refractivity contribution in [1.29, 1.82) is 0 Å². The summed E-state index contributed by atoms with van der Waals surface area (Å²) < 4.78 is 10.7. The van der Waals surface area contributed by atoms with Gasteiger partial charge in [-0.05, 0) is 13.0 Å². The highest BCUT2D eigenvalue weighted by Crippen LogP contribution is 2.42. The Balaban J connectivity index is 2.58. The molecule has 1 aromatic heterocycles. The molecule has 1 aromatic carbocycles. The van der Waals surface area contributed by atoms with E-state index in [1.165, 1.54) is 18.4 Å². The molecule has 96 valence electrons. The second-order valence-electron chi connectivity index (χ2n) is 3.58. The molecule has 18 heavy (non-hydrogen) atoms. The number of phenolic OH excluding ortho intramolecular Hbond substituents is 1. The van der Waals surface area contributed by atoms with Crippen molar-refractivity contribution in [2.75, 3.05) is 19.5 Å². The molecule has 5 nitrogen and oxygen atoms in total. The van der Waals surface area contributed by atoms with Crippen molar-refractivity contribution in [3.05, 3.63) is 17.0 Å². The van der Waals surface area contributed by atoms with Gasteiger partial charge in [-0.3, -0.25) is 0 Å². The van der Waals surface area contributed by atoms with Gasteiger partial charge in [0.25, 0.3) is 0 Å². The van der Waals surface area contributed by atoms with Gasteiger partial charge >= 0.3 is 5.97 Å². The van der Waals surface area contributed by atoms with Gasteiger partial charge < -0.3 is 20.3 Å². The summed E-state index contributed by atoms with van der Waals surface area (Å²) >= 11 is 1.25. The van der Waals surface area contributed by atoms with Crippen molar-refractivity contribution in [2.24, 2.45) is 0 Å². The fourth-order valence-corrected chi connectivity index (χ4v) is 2.63. The van der Waals surface area contributed by atoms with Gasteiger partial charge in [0.1, 0.15) is 4.88 Å². The number of anilines is 1. The van der Waals surface area contributed by atoms with Gasteiger partial charge in [0.2, 0.25) is 0 Å². The minimum atomic E-state index is -0.392. The molecule has 0 spiro atoms. The van der Waals surface area contributed by atoms with Gasteiger partial charge in [-0.15, -0.1) is 11.3 Å². The van der Waals surface area contributed by atoms with E-state index in [4.69, 9.17) is 15.2 Å². The highest BCUT2D eigenvalue weighted by molar-refractivity contribution is 7.20. The molecule has 0 unspecified atom stereocenters. The van der Waals surface area contributed by atoms with Crippen LogP contribution >= 0.6 is 11.3 Å². The summed E-state index contributed by atoms with van der Waals surface area (Å²) in [5.41, 5.74) is 6.01. The lowest BCUT2D eigenvalue weighted by atomic mass is 10.2. The molecule has 0 aliphatic carbocycles. The number of esters is 1. The summed E-state index contributed by atoms with van der Waals surface area (Å²) in [6, 6.07) is 3.26. The van der Waals surface area contributed by atoms with Crippen LogP contribution < -0.4 is 10.5 Å². The number of hydrogen-bond donors (Lipinski definition) is 2. The predicted molar refractivity (Wildman–Crippen MR) is 70.4 cm³/mol. The summed E-state index contributed by atoms with van der Waals surface area (Å²) in [5.74, 6) is -0.216. The van der Waals surface area contributed by atoms with Gasteiger partial charge in [0, 0.05) is 16.2 Å². The number of nitrogen functional groups attached to an aromatic ring is 1. The van der Waals surface area contributed by atoms with Gasteiger partial charge in [0.15, 0.2) is 11.5 Å². The average Bonchev–Trinajstić information content (AvgIpc) is 2.78. The van der Waals surface area contributed by atoms with E-state index in [0.717, 1.165) is 4.70 Å². The third kappa shape index (κ3) is 1.95. The summed E-state index contributed by atoms with van der Waals surface area (Å²) in [5, 5.41) is 10.4. The number of hydrogen-bond acceptors (Lipinski definition) is 6. The smallest absolute Gasteiger partial charge is 0.348 e. The molecular weight excluding hydrogens is 254 g/mol. The maximum atomic E-state index is 11.6. The highest BCUT2D eigenvalue weighted by Gasteiger charge is 2.17. The topological polar surface area (TPSA) is 81.8 Å². The van der Waals surface area contributed by atoms with E-state index in [0.29, 0.717) is 16.9 Å². The Morgan fingerprint density at radius 2 is 2.22 bits per heavy atom. The highest BCUT2D eigenvalue weighted by atomic mass is 32.1.